The van der Waals surface area contributed by atoms with E-state index in [9.17, 15) is 5.11 Å². The van der Waals surface area contributed by atoms with Gasteiger partial charge in [0.2, 0.25) is 5.75 Å². The van der Waals surface area contributed by atoms with E-state index in [2.05, 4.69) is 29.2 Å². The number of aromatic nitrogens is 6. The lowest BCUT2D eigenvalue weighted by Crippen LogP contribution is -2.28. The lowest BCUT2D eigenvalue weighted by molar-refractivity contribution is 0.0718. The van der Waals surface area contributed by atoms with Crippen molar-refractivity contribution in [2.24, 2.45) is 0 Å². The summed E-state index contributed by atoms with van der Waals surface area (Å²) in [4.78, 5) is 14.1. The Morgan fingerprint density at radius 2 is 1.77 bits per heavy atom. The standard InChI is InChI=1S/C24H29N7O4/c1-13(2)31-24-17(10-26-31)23(28-22(29-24)14-6-16(32)7-14)27-20-11-30(12-25-20)15-8-18(33-3)21(35-5)19(9-15)34-4/h8-14,16,32H,6-7H2,1-5H3,(H,27,28,29). The number of fused-ring (bicyclic) bond motifs is 1. The second-order valence-electron chi connectivity index (χ2n) is 8.85. The summed E-state index contributed by atoms with van der Waals surface area (Å²) in [5.41, 5.74) is 1.56. The van der Waals surface area contributed by atoms with Gasteiger partial charge in [0.25, 0.3) is 0 Å². The highest BCUT2D eigenvalue weighted by molar-refractivity contribution is 5.88. The maximum atomic E-state index is 9.79. The molecule has 4 aromatic rings. The van der Waals surface area contributed by atoms with Gasteiger partial charge in [-0.3, -0.25) is 0 Å². The van der Waals surface area contributed by atoms with Gasteiger partial charge in [-0.05, 0) is 26.7 Å². The van der Waals surface area contributed by atoms with Crippen LogP contribution in [0.4, 0.5) is 11.6 Å². The van der Waals surface area contributed by atoms with E-state index in [0.29, 0.717) is 47.6 Å². The number of nitrogens with one attached hydrogen (secondary N) is 1. The number of imidazole rings is 1. The Kier molecular flexibility index (Phi) is 5.93. The number of anilines is 2. The minimum Gasteiger partial charge on any atom is -0.493 e. The number of methoxy groups -OCH3 is 3. The van der Waals surface area contributed by atoms with Gasteiger partial charge >= 0.3 is 0 Å². The van der Waals surface area contributed by atoms with Gasteiger partial charge in [0.1, 0.15) is 23.8 Å². The molecule has 0 unspecified atom stereocenters. The molecule has 0 amide bonds. The number of rotatable bonds is 8. The van der Waals surface area contributed by atoms with Crippen molar-refractivity contribution < 1.29 is 19.3 Å². The maximum Gasteiger partial charge on any atom is 0.203 e. The highest BCUT2D eigenvalue weighted by Gasteiger charge is 2.32. The van der Waals surface area contributed by atoms with Gasteiger partial charge in [-0.1, -0.05) is 0 Å². The Morgan fingerprint density at radius 1 is 1.06 bits per heavy atom. The van der Waals surface area contributed by atoms with Crippen molar-refractivity contribution in [3.05, 3.63) is 36.7 Å². The van der Waals surface area contributed by atoms with E-state index in [4.69, 9.17) is 24.2 Å². The number of aliphatic hydroxyl groups excluding tert-OH is 1. The van der Waals surface area contributed by atoms with Crippen LogP contribution < -0.4 is 19.5 Å². The third-order valence-corrected chi connectivity index (χ3v) is 6.22. The zero-order chi connectivity index (χ0) is 24.7. The quantitative estimate of drug-likeness (QED) is 0.390. The molecule has 0 atom stereocenters. The first-order chi connectivity index (χ1) is 16.9. The molecule has 3 aromatic heterocycles. The number of ether oxygens (including phenoxy) is 3. The molecule has 1 aromatic carbocycles. The highest BCUT2D eigenvalue weighted by atomic mass is 16.5. The van der Waals surface area contributed by atoms with Gasteiger partial charge in [0, 0.05) is 24.1 Å². The number of benzene rings is 1. The van der Waals surface area contributed by atoms with Crippen LogP contribution in [0.25, 0.3) is 16.7 Å². The van der Waals surface area contributed by atoms with Crippen molar-refractivity contribution in [1.82, 2.24) is 29.3 Å². The molecule has 1 aliphatic carbocycles. The van der Waals surface area contributed by atoms with Crippen LogP contribution in [0, 0.1) is 0 Å². The van der Waals surface area contributed by atoms with Gasteiger partial charge in [-0.15, -0.1) is 0 Å². The second-order valence-corrected chi connectivity index (χ2v) is 8.85. The molecule has 0 bridgehead atoms. The maximum absolute atomic E-state index is 9.79. The van der Waals surface area contributed by atoms with E-state index < -0.39 is 0 Å². The number of hydrogen-bond acceptors (Lipinski definition) is 9. The first kappa shape index (κ1) is 22.9. The van der Waals surface area contributed by atoms with Crippen LogP contribution in [0.15, 0.2) is 30.9 Å². The Bertz CT molecular complexity index is 1330. The number of nitrogens with zero attached hydrogens (tertiary/aromatic N) is 6. The molecule has 2 N–H and O–H groups in total. The van der Waals surface area contributed by atoms with Gasteiger partial charge in [-0.25, -0.2) is 19.6 Å². The zero-order valence-electron chi connectivity index (χ0n) is 20.4. The predicted molar refractivity (Wildman–Crippen MR) is 130 cm³/mol. The Labute approximate surface area is 202 Å². The minimum absolute atomic E-state index is 0.127. The molecule has 0 saturated heterocycles. The van der Waals surface area contributed by atoms with Crippen LogP contribution in [-0.2, 0) is 0 Å². The second kappa shape index (κ2) is 9.06. The Balaban J connectivity index is 1.51. The lowest BCUT2D eigenvalue weighted by Gasteiger charge is -2.30. The molecule has 0 aliphatic heterocycles. The molecule has 0 spiro atoms. The minimum atomic E-state index is -0.292. The first-order valence-corrected chi connectivity index (χ1v) is 11.5. The summed E-state index contributed by atoms with van der Waals surface area (Å²) in [6.45, 7) is 4.13. The monoisotopic (exact) mass is 479 g/mol. The molecule has 0 radical (unpaired) electrons. The van der Waals surface area contributed by atoms with Crippen molar-refractivity contribution in [3.63, 3.8) is 0 Å². The van der Waals surface area contributed by atoms with Crippen LogP contribution in [-0.4, -0.2) is 61.8 Å². The average Bonchev–Trinajstić information content (AvgIpc) is 3.48. The van der Waals surface area contributed by atoms with Crippen LogP contribution in [0.1, 0.15) is 44.5 Å². The smallest absolute Gasteiger partial charge is 0.203 e. The van der Waals surface area contributed by atoms with E-state index in [1.807, 2.05) is 27.6 Å². The first-order valence-electron chi connectivity index (χ1n) is 11.5. The summed E-state index contributed by atoms with van der Waals surface area (Å²) in [7, 11) is 4.73. The molecular weight excluding hydrogens is 450 g/mol. The predicted octanol–water partition coefficient (Wildman–Crippen LogP) is 3.60. The molecule has 11 heteroatoms. The van der Waals surface area contributed by atoms with Crippen LogP contribution in [0.5, 0.6) is 17.2 Å². The number of aliphatic hydroxyl groups is 1. The molecule has 3 heterocycles. The normalized spacial score (nSPS) is 17.5. The molecule has 5 rings (SSSR count). The van der Waals surface area contributed by atoms with Crippen LogP contribution in [0.2, 0.25) is 0 Å². The highest BCUT2D eigenvalue weighted by Crippen LogP contribution is 2.40. The molecular formula is C24H29N7O4. The van der Waals surface area contributed by atoms with E-state index in [1.54, 1.807) is 33.9 Å². The Morgan fingerprint density at radius 3 is 2.37 bits per heavy atom. The Hall–Kier alpha value is -3.86. The molecule has 35 heavy (non-hydrogen) atoms. The number of hydrogen-bond donors (Lipinski definition) is 2. The fraction of sp³-hybridized carbons (Fsp3) is 0.417. The van der Waals surface area contributed by atoms with Gasteiger partial charge in [0.05, 0.1) is 50.9 Å². The van der Waals surface area contributed by atoms with E-state index in [0.717, 1.165) is 16.7 Å². The van der Waals surface area contributed by atoms with Gasteiger partial charge < -0.3 is 29.2 Å². The summed E-state index contributed by atoms with van der Waals surface area (Å²) in [6, 6.07) is 3.85. The fourth-order valence-electron chi connectivity index (χ4n) is 4.26. The fourth-order valence-corrected chi connectivity index (χ4v) is 4.26. The van der Waals surface area contributed by atoms with Gasteiger partial charge in [-0.2, -0.15) is 5.10 Å². The van der Waals surface area contributed by atoms with Crippen molar-refractivity contribution in [3.8, 4) is 22.9 Å². The van der Waals surface area contributed by atoms with Crippen LogP contribution in [0.3, 0.4) is 0 Å². The third-order valence-electron chi connectivity index (χ3n) is 6.22. The summed E-state index contributed by atoms with van der Waals surface area (Å²) < 4.78 is 20.1. The topological polar surface area (TPSA) is 121 Å². The molecule has 184 valence electrons. The summed E-state index contributed by atoms with van der Waals surface area (Å²) in [6.07, 6.45) is 6.36. The summed E-state index contributed by atoms with van der Waals surface area (Å²) in [5, 5.41) is 18.5. The summed E-state index contributed by atoms with van der Waals surface area (Å²) in [5.74, 6) is 3.70. The zero-order valence-corrected chi connectivity index (χ0v) is 20.4. The van der Waals surface area contributed by atoms with Crippen molar-refractivity contribution in [1.29, 1.82) is 0 Å². The molecule has 11 nitrogen and oxygen atoms in total. The molecule has 1 fully saturated rings. The lowest BCUT2D eigenvalue weighted by atomic mass is 9.82. The average molecular weight is 480 g/mol. The van der Waals surface area contributed by atoms with E-state index >= 15 is 0 Å². The van der Waals surface area contributed by atoms with Crippen molar-refractivity contribution in [2.45, 2.75) is 44.8 Å². The SMILES string of the molecule is COc1cc(-n2cnc(Nc3nc(C4CC(O)C4)nc4c3cnn4C(C)C)c2)cc(OC)c1OC. The molecule has 1 aliphatic rings. The summed E-state index contributed by atoms with van der Waals surface area (Å²) >= 11 is 0. The largest absolute Gasteiger partial charge is 0.493 e. The molecule has 1 saturated carbocycles. The van der Waals surface area contributed by atoms with Crippen molar-refractivity contribution >= 4 is 22.7 Å². The van der Waals surface area contributed by atoms with Gasteiger partial charge in [0.15, 0.2) is 17.1 Å². The van der Waals surface area contributed by atoms with E-state index in [-0.39, 0.29) is 18.1 Å². The van der Waals surface area contributed by atoms with E-state index in [1.165, 1.54) is 0 Å². The van der Waals surface area contributed by atoms with Crippen molar-refractivity contribution in [2.75, 3.05) is 26.6 Å². The third kappa shape index (κ3) is 4.12. The van der Waals surface area contributed by atoms with Crippen LogP contribution >= 0.6 is 0 Å².